The Hall–Kier alpha value is -2.29. The molecule has 0 aliphatic carbocycles. The fraction of sp³-hybridized carbons (Fsp3) is 0.480. The molecule has 2 aromatic carbocycles. The van der Waals surface area contributed by atoms with E-state index < -0.39 is 5.91 Å². The molecule has 1 heterocycles. The fourth-order valence-corrected chi connectivity index (χ4v) is 4.58. The Labute approximate surface area is 204 Å². The molecule has 0 fully saturated rings. The number of halogens is 1. The van der Waals surface area contributed by atoms with Gasteiger partial charge < -0.3 is 30.5 Å². The summed E-state index contributed by atoms with van der Waals surface area (Å²) in [7, 11) is 0. The van der Waals surface area contributed by atoms with Crippen LogP contribution in [0.1, 0.15) is 41.8 Å². The second kappa shape index (κ2) is 12.3. The average molecular weight is 520 g/mol. The van der Waals surface area contributed by atoms with Crippen LogP contribution in [0, 0.1) is 0 Å². The number of carbonyl (C=O) groups is 1. The van der Waals surface area contributed by atoms with Crippen molar-refractivity contribution in [1.82, 2.24) is 5.32 Å². The van der Waals surface area contributed by atoms with E-state index in [-0.39, 0.29) is 12.6 Å². The molecule has 33 heavy (non-hydrogen) atoms. The van der Waals surface area contributed by atoms with Crippen molar-refractivity contribution < 1.29 is 19.4 Å². The van der Waals surface area contributed by atoms with E-state index in [2.05, 4.69) is 39.1 Å². The molecule has 1 aliphatic heterocycles. The molecule has 7 nitrogen and oxygen atoms in total. The van der Waals surface area contributed by atoms with Crippen LogP contribution in [0.25, 0.3) is 0 Å². The summed E-state index contributed by atoms with van der Waals surface area (Å²) in [6.07, 6.45) is 2.35. The number of primary amides is 1. The number of aliphatic hydroxyl groups excluding tert-OH is 1. The van der Waals surface area contributed by atoms with Gasteiger partial charge in [-0.2, -0.15) is 0 Å². The van der Waals surface area contributed by atoms with Gasteiger partial charge in [-0.3, -0.25) is 4.79 Å². The van der Waals surface area contributed by atoms with Crippen LogP contribution >= 0.6 is 15.9 Å². The van der Waals surface area contributed by atoms with Gasteiger partial charge in [0.05, 0.1) is 17.9 Å². The van der Waals surface area contributed by atoms with E-state index in [0.717, 1.165) is 58.7 Å². The molecule has 8 heteroatoms. The van der Waals surface area contributed by atoms with Gasteiger partial charge in [0, 0.05) is 36.8 Å². The minimum atomic E-state index is -0.405. The summed E-state index contributed by atoms with van der Waals surface area (Å²) in [6, 6.07) is 10.1. The zero-order valence-corrected chi connectivity index (χ0v) is 21.0. The van der Waals surface area contributed by atoms with Crippen molar-refractivity contribution in [2.75, 3.05) is 44.4 Å². The number of nitrogens with one attached hydrogen (secondary N) is 1. The molecule has 0 aromatic heterocycles. The number of amides is 1. The molecular formula is C25H34BrN3O4. The number of carbonyl (C=O) groups excluding carboxylic acids is 1. The molecule has 1 atom stereocenters. The Morgan fingerprint density at radius 2 is 2.09 bits per heavy atom. The Morgan fingerprint density at radius 3 is 2.82 bits per heavy atom. The van der Waals surface area contributed by atoms with Crippen LogP contribution in [-0.4, -0.2) is 56.5 Å². The molecule has 2 aromatic rings. The van der Waals surface area contributed by atoms with E-state index in [1.165, 1.54) is 0 Å². The van der Waals surface area contributed by atoms with Crippen LogP contribution in [0.4, 0.5) is 5.69 Å². The molecule has 0 bridgehead atoms. The Kier molecular flexibility index (Phi) is 9.41. The maximum absolute atomic E-state index is 12.2. The summed E-state index contributed by atoms with van der Waals surface area (Å²) in [5.41, 5.74) is 9.48. The first kappa shape index (κ1) is 25.3. The third-order valence-corrected chi connectivity index (χ3v) is 6.16. The van der Waals surface area contributed by atoms with Gasteiger partial charge in [0.1, 0.15) is 6.61 Å². The van der Waals surface area contributed by atoms with Gasteiger partial charge >= 0.3 is 0 Å². The molecule has 4 N–H and O–H groups in total. The van der Waals surface area contributed by atoms with Gasteiger partial charge in [0.2, 0.25) is 0 Å². The van der Waals surface area contributed by atoms with E-state index >= 15 is 0 Å². The van der Waals surface area contributed by atoms with E-state index in [1.807, 2.05) is 31.2 Å². The lowest BCUT2D eigenvalue weighted by molar-refractivity contribution is 0.100. The zero-order chi connectivity index (χ0) is 23.8. The molecule has 1 amide bonds. The number of aliphatic hydroxyl groups is 1. The van der Waals surface area contributed by atoms with E-state index in [1.54, 1.807) is 0 Å². The number of ether oxygens (including phenoxy) is 2. The molecule has 0 saturated carbocycles. The Morgan fingerprint density at radius 1 is 1.27 bits per heavy atom. The third-order valence-electron chi connectivity index (χ3n) is 5.67. The highest BCUT2D eigenvalue weighted by atomic mass is 79.9. The summed E-state index contributed by atoms with van der Waals surface area (Å²) >= 11 is 3.46. The molecule has 180 valence electrons. The first-order valence-electron chi connectivity index (χ1n) is 11.5. The van der Waals surface area contributed by atoms with Crippen LogP contribution in [0.5, 0.6) is 11.5 Å². The molecular weight excluding hydrogens is 486 g/mol. The summed E-state index contributed by atoms with van der Waals surface area (Å²) in [6.45, 7) is 7.56. The van der Waals surface area contributed by atoms with Crippen LogP contribution in [0.2, 0.25) is 0 Å². The van der Waals surface area contributed by atoms with Crippen LogP contribution in [0.3, 0.4) is 0 Å². The number of benzene rings is 2. The van der Waals surface area contributed by atoms with Gasteiger partial charge in [0.15, 0.2) is 11.5 Å². The Balaban J connectivity index is 1.56. The summed E-state index contributed by atoms with van der Waals surface area (Å²) in [5.74, 6) is 1.05. The number of anilines is 1. The van der Waals surface area contributed by atoms with Gasteiger partial charge in [-0.05, 0) is 68.5 Å². The number of hydrogen-bond donors (Lipinski definition) is 3. The van der Waals surface area contributed by atoms with Gasteiger partial charge in [-0.25, -0.2) is 0 Å². The number of rotatable bonds is 13. The SMILES string of the molecule is CCOc1cc(Br)ccc1OCCNC(C)Cc1cc2c(c(C(N)=O)c1)N(CCCO)CC2. The van der Waals surface area contributed by atoms with E-state index in [0.29, 0.717) is 31.7 Å². The van der Waals surface area contributed by atoms with E-state index in [9.17, 15) is 4.79 Å². The molecule has 0 saturated heterocycles. The topological polar surface area (TPSA) is 97.1 Å². The average Bonchev–Trinajstić information content (AvgIpc) is 3.18. The highest BCUT2D eigenvalue weighted by Gasteiger charge is 2.25. The van der Waals surface area contributed by atoms with Crippen molar-refractivity contribution >= 4 is 27.5 Å². The van der Waals surface area contributed by atoms with Crippen molar-refractivity contribution in [2.24, 2.45) is 5.73 Å². The number of nitrogens with two attached hydrogens (primary N) is 1. The molecule has 1 unspecified atom stereocenters. The highest BCUT2D eigenvalue weighted by molar-refractivity contribution is 9.10. The maximum Gasteiger partial charge on any atom is 0.250 e. The lowest BCUT2D eigenvalue weighted by Gasteiger charge is -2.22. The quantitative estimate of drug-likeness (QED) is 0.351. The fourth-order valence-electron chi connectivity index (χ4n) is 4.24. The second-order valence-corrected chi connectivity index (χ2v) is 9.18. The summed E-state index contributed by atoms with van der Waals surface area (Å²) in [5, 5.41) is 12.6. The molecule has 0 radical (unpaired) electrons. The molecule has 3 rings (SSSR count). The van der Waals surface area contributed by atoms with Crippen molar-refractivity contribution in [3.05, 3.63) is 51.5 Å². The first-order chi connectivity index (χ1) is 15.9. The van der Waals surface area contributed by atoms with Crippen molar-refractivity contribution in [3.8, 4) is 11.5 Å². The first-order valence-corrected chi connectivity index (χ1v) is 12.3. The lowest BCUT2D eigenvalue weighted by atomic mass is 9.98. The molecule has 1 aliphatic rings. The lowest BCUT2D eigenvalue weighted by Crippen LogP contribution is -2.32. The number of hydrogen-bond acceptors (Lipinski definition) is 6. The minimum Gasteiger partial charge on any atom is -0.490 e. The van der Waals surface area contributed by atoms with Gasteiger partial charge in [-0.15, -0.1) is 0 Å². The van der Waals surface area contributed by atoms with Crippen molar-refractivity contribution in [3.63, 3.8) is 0 Å². The maximum atomic E-state index is 12.2. The van der Waals surface area contributed by atoms with E-state index in [4.69, 9.17) is 20.3 Å². The van der Waals surface area contributed by atoms with Crippen molar-refractivity contribution in [1.29, 1.82) is 0 Å². The highest BCUT2D eigenvalue weighted by Crippen LogP contribution is 2.34. The largest absolute Gasteiger partial charge is 0.490 e. The third kappa shape index (κ3) is 6.85. The zero-order valence-electron chi connectivity index (χ0n) is 19.4. The van der Waals surface area contributed by atoms with Gasteiger partial charge in [0.25, 0.3) is 5.91 Å². The molecule has 0 spiro atoms. The Bertz CT molecular complexity index is 953. The second-order valence-electron chi connectivity index (χ2n) is 8.26. The normalized spacial score (nSPS) is 13.6. The van der Waals surface area contributed by atoms with Crippen molar-refractivity contribution in [2.45, 2.75) is 39.2 Å². The summed E-state index contributed by atoms with van der Waals surface area (Å²) in [4.78, 5) is 14.3. The standard InChI is InChI=1S/C25H34BrN3O4/c1-3-32-23-16-20(26)5-6-22(23)33-12-8-28-17(2)13-18-14-19-7-10-29(9-4-11-30)24(19)21(15-18)25(27)31/h5-6,14-17,28,30H,3-4,7-13H2,1-2H3,(H2,27,31). The minimum absolute atomic E-state index is 0.136. The van der Waals surface area contributed by atoms with Crippen LogP contribution < -0.4 is 25.4 Å². The summed E-state index contributed by atoms with van der Waals surface area (Å²) < 4.78 is 12.5. The number of fused-ring (bicyclic) bond motifs is 1. The predicted molar refractivity (Wildman–Crippen MR) is 135 cm³/mol. The predicted octanol–water partition coefficient (Wildman–Crippen LogP) is 3.29. The number of nitrogens with zero attached hydrogens (tertiary/aromatic N) is 1. The van der Waals surface area contributed by atoms with Crippen LogP contribution in [-0.2, 0) is 12.8 Å². The van der Waals surface area contributed by atoms with Crippen LogP contribution in [0.15, 0.2) is 34.8 Å². The van der Waals surface area contributed by atoms with Gasteiger partial charge in [-0.1, -0.05) is 22.0 Å². The monoisotopic (exact) mass is 519 g/mol. The smallest absolute Gasteiger partial charge is 0.250 e.